The molecule has 0 bridgehead atoms. The van der Waals surface area contributed by atoms with E-state index in [0.717, 1.165) is 42.8 Å². The molecule has 2 aromatic carbocycles. The predicted octanol–water partition coefficient (Wildman–Crippen LogP) is 3.13. The van der Waals surface area contributed by atoms with E-state index in [2.05, 4.69) is 62.4 Å². The van der Waals surface area contributed by atoms with Crippen LogP contribution in [-0.2, 0) is 13.1 Å². The van der Waals surface area contributed by atoms with Crippen molar-refractivity contribution in [2.45, 2.75) is 13.1 Å². The van der Waals surface area contributed by atoms with Crippen molar-refractivity contribution in [2.75, 3.05) is 33.2 Å². The molecule has 1 N–H and O–H groups in total. The molecule has 4 nitrogen and oxygen atoms in total. The van der Waals surface area contributed by atoms with Crippen LogP contribution in [0, 0.1) is 0 Å². The van der Waals surface area contributed by atoms with Gasteiger partial charge in [0.25, 0.3) is 5.91 Å². The maximum atomic E-state index is 12.2. The summed E-state index contributed by atoms with van der Waals surface area (Å²) < 4.78 is 0.911. The van der Waals surface area contributed by atoms with E-state index in [1.54, 1.807) is 0 Å². The smallest absolute Gasteiger partial charge is 0.251 e. The van der Waals surface area contributed by atoms with Gasteiger partial charge in [-0.05, 0) is 36.4 Å². The highest BCUT2D eigenvalue weighted by Crippen LogP contribution is 2.12. The van der Waals surface area contributed by atoms with Gasteiger partial charge in [0.2, 0.25) is 0 Å². The highest BCUT2D eigenvalue weighted by atomic mass is 79.9. The SMILES string of the molecule is CN1CCN(Cc2ccc(CNC(=O)c3cccc(Br)c3)cc2)CC1. The van der Waals surface area contributed by atoms with Gasteiger partial charge < -0.3 is 10.2 Å². The average molecular weight is 402 g/mol. The quantitative estimate of drug-likeness (QED) is 0.835. The summed E-state index contributed by atoms with van der Waals surface area (Å²) in [7, 11) is 2.18. The first-order valence-electron chi connectivity index (χ1n) is 8.62. The van der Waals surface area contributed by atoms with Crippen LogP contribution in [0.5, 0.6) is 0 Å². The van der Waals surface area contributed by atoms with Crippen LogP contribution in [0.1, 0.15) is 21.5 Å². The maximum Gasteiger partial charge on any atom is 0.251 e. The number of hydrogen-bond acceptors (Lipinski definition) is 3. The molecule has 3 rings (SSSR count). The van der Waals surface area contributed by atoms with Gasteiger partial charge in [-0.2, -0.15) is 0 Å². The number of rotatable bonds is 5. The van der Waals surface area contributed by atoms with E-state index in [1.165, 1.54) is 5.56 Å². The van der Waals surface area contributed by atoms with Gasteiger partial charge in [-0.3, -0.25) is 9.69 Å². The fourth-order valence-electron chi connectivity index (χ4n) is 2.94. The minimum Gasteiger partial charge on any atom is -0.348 e. The number of carbonyl (C=O) groups is 1. The fourth-order valence-corrected chi connectivity index (χ4v) is 3.34. The second-order valence-electron chi connectivity index (χ2n) is 6.59. The average Bonchev–Trinajstić information content (AvgIpc) is 2.63. The Morgan fingerprint density at radius 1 is 1.04 bits per heavy atom. The lowest BCUT2D eigenvalue weighted by molar-refractivity contribution is 0.0951. The lowest BCUT2D eigenvalue weighted by Gasteiger charge is -2.32. The largest absolute Gasteiger partial charge is 0.348 e. The zero-order valence-electron chi connectivity index (χ0n) is 14.5. The first-order valence-corrected chi connectivity index (χ1v) is 9.42. The predicted molar refractivity (Wildman–Crippen MR) is 105 cm³/mol. The van der Waals surface area contributed by atoms with Gasteiger partial charge >= 0.3 is 0 Å². The summed E-state index contributed by atoms with van der Waals surface area (Å²) in [5, 5.41) is 2.97. The number of nitrogens with one attached hydrogen (secondary N) is 1. The number of halogens is 1. The van der Waals surface area contributed by atoms with E-state index in [0.29, 0.717) is 12.1 Å². The van der Waals surface area contributed by atoms with Crippen molar-refractivity contribution in [2.24, 2.45) is 0 Å². The normalized spacial score (nSPS) is 15.9. The fraction of sp³-hybridized carbons (Fsp3) is 0.350. The molecule has 1 aliphatic rings. The molecule has 1 saturated heterocycles. The van der Waals surface area contributed by atoms with Gasteiger partial charge in [-0.15, -0.1) is 0 Å². The highest BCUT2D eigenvalue weighted by molar-refractivity contribution is 9.10. The molecule has 25 heavy (non-hydrogen) atoms. The first-order chi connectivity index (χ1) is 12.1. The van der Waals surface area contributed by atoms with E-state index in [1.807, 2.05) is 24.3 Å². The van der Waals surface area contributed by atoms with Crippen LogP contribution in [0.25, 0.3) is 0 Å². The number of likely N-dealkylation sites (N-methyl/N-ethyl adjacent to an activating group) is 1. The maximum absolute atomic E-state index is 12.2. The third kappa shape index (κ3) is 5.39. The van der Waals surface area contributed by atoms with Crippen molar-refractivity contribution in [3.05, 3.63) is 69.7 Å². The second-order valence-corrected chi connectivity index (χ2v) is 7.50. The molecule has 1 heterocycles. The van der Waals surface area contributed by atoms with Crippen molar-refractivity contribution in [1.82, 2.24) is 15.1 Å². The molecule has 1 amide bonds. The van der Waals surface area contributed by atoms with E-state index >= 15 is 0 Å². The van der Waals surface area contributed by atoms with E-state index in [9.17, 15) is 4.79 Å². The summed E-state index contributed by atoms with van der Waals surface area (Å²) in [4.78, 5) is 17.0. The number of piperazine rings is 1. The van der Waals surface area contributed by atoms with Gasteiger partial charge in [0.1, 0.15) is 0 Å². The summed E-state index contributed by atoms with van der Waals surface area (Å²) >= 11 is 3.39. The van der Waals surface area contributed by atoms with E-state index in [-0.39, 0.29) is 5.91 Å². The molecule has 0 spiro atoms. The number of carbonyl (C=O) groups excluding carboxylic acids is 1. The lowest BCUT2D eigenvalue weighted by Crippen LogP contribution is -2.43. The Balaban J connectivity index is 1.50. The molecule has 0 aromatic heterocycles. The lowest BCUT2D eigenvalue weighted by atomic mass is 10.1. The van der Waals surface area contributed by atoms with Crippen molar-refractivity contribution < 1.29 is 4.79 Å². The van der Waals surface area contributed by atoms with Crippen molar-refractivity contribution in [3.63, 3.8) is 0 Å². The number of nitrogens with zero attached hydrogens (tertiary/aromatic N) is 2. The summed E-state index contributed by atoms with van der Waals surface area (Å²) in [6.07, 6.45) is 0. The van der Waals surface area contributed by atoms with Crippen LogP contribution in [0.2, 0.25) is 0 Å². The monoisotopic (exact) mass is 401 g/mol. The number of hydrogen-bond donors (Lipinski definition) is 1. The summed E-state index contributed by atoms with van der Waals surface area (Å²) in [6, 6.07) is 16.0. The highest BCUT2D eigenvalue weighted by Gasteiger charge is 2.13. The minimum absolute atomic E-state index is 0.0530. The Morgan fingerprint density at radius 2 is 1.72 bits per heavy atom. The summed E-state index contributed by atoms with van der Waals surface area (Å²) in [5.41, 5.74) is 3.11. The molecule has 0 aliphatic carbocycles. The first kappa shape index (κ1) is 18.1. The minimum atomic E-state index is -0.0530. The van der Waals surface area contributed by atoms with Crippen molar-refractivity contribution in [3.8, 4) is 0 Å². The summed E-state index contributed by atoms with van der Waals surface area (Å²) in [5.74, 6) is -0.0530. The summed E-state index contributed by atoms with van der Waals surface area (Å²) in [6.45, 7) is 6.07. The Labute approximate surface area is 158 Å². The molecule has 0 atom stereocenters. The molecular formula is C20H24BrN3O. The molecular weight excluding hydrogens is 378 g/mol. The topological polar surface area (TPSA) is 35.6 Å². The Morgan fingerprint density at radius 3 is 2.40 bits per heavy atom. The number of amides is 1. The molecule has 2 aromatic rings. The third-order valence-electron chi connectivity index (χ3n) is 4.56. The molecule has 0 saturated carbocycles. The van der Waals surface area contributed by atoms with Gasteiger partial charge in [0.05, 0.1) is 0 Å². The van der Waals surface area contributed by atoms with Crippen molar-refractivity contribution in [1.29, 1.82) is 0 Å². The Hall–Kier alpha value is -1.69. The van der Waals surface area contributed by atoms with Crippen molar-refractivity contribution >= 4 is 21.8 Å². The standard InChI is InChI=1S/C20H24BrN3O/c1-23-9-11-24(12-10-23)15-17-7-5-16(6-8-17)14-22-20(25)18-3-2-4-19(21)13-18/h2-8,13H,9-12,14-15H2,1H3,(H,22,25). The van der Waals surface area contributed by atoms with Crippen LogP contribution in [0.15, 0.2) is 53.0 Å². The van der Waals surface area contributed by atoms with Crippen LogP contribution >= 0.6 is 15.9 Å². The molecule has 132 valence electrons. The Bertz CT molecular complexity index is 709. The second kappa shape index (κ2) is 8.61. The van der Waals surface area contributed by atoms with E-state index in [4.69, 9.17) is 0 Å². The zero-order valence-corrected chi connectivity index (χ0v) is 16.1. The van der Waals surface area contributed by atoms with Crippen LogP contribution < -0.4 is 5.32 Å². The zero-order chi connectivity index (χ0) is 17.6. The molecule has 1 fully saturated rings. The number of benzene rings is 2. The van der Waals surface area contributed by atoms with Crippen LogP contribution in [0.3, 0.4) is 0 Å². The molecule has 1 aliphatic heterocycles. The van der Waals surface area contributed by atoms with Gasteiger partial charge in [-0.1, -0.05) is 46.3 Å². The van der Waals surface area contributed by atoms with E-state index < -0.39 is 0 Å². The van der Waals surface area contributed by atoms with Crippen LogP contribution in [-0.4, -0.2) is 48.9 Å². The molecule has 5 heteroatoms. The Kier molecular flexibility index (Phi) is 6.24. The van der Waals surface area contributed by atoms with Gasteiger partial charge in [0, 0.05) is 49.3 Å². The van der Waals surface area contributed by atoms with Gasteiger partial charge in [-0.25, -0.2) is 0 Å². The van der Waals surface area contributed by atoms with Crippen LogP contribution in [0.4, 0.5) is 0 Å². The molecule has 0 radical (unpaired) electrons. The third-order valence-corrected chi connectivity index (χ3v) is 5.06. The van der Waals surface area contributed by atoms with Gasteiger partial charge in [0.15, 0.2) is 0 Å². The molecule has 0 unspecified atom stereocenters.